The second-order valence-electron chi connectivity index (χ2n) is 3.46. The van der Waals surface area contributed by atoms with E-state index in [9.17, 15) is 0 Å². The Hall–Kier alpha value is -1.88. The average Bonchev–Trinajstić information content (AvgIpc) is 2.39. The zero-order valence-electron chi connectivity index (χ0n) is 10.1. The Kier molecular flexibility index (Phi) is 3.94. The minimum Gasteiger partial charge on any atom is -0.464 e. The molecule has 0 fully saturated rings. The van der Waals surface area contributed by atoms with Crippen molar-refractivity contribution < 1.29 is 4.74 Å². The molecule has 0 aliphatic rings. The summed E-state index contributed by atoms with van der Waals surface area (Å²) in [5.41, 5.74) is 0.822. The summed E-state index contributed by atoms with van der Waals surface area (Å²) in [6, 6.07) is 7.63. The highest BCUT2D eigenvalue weighted by Gasteiger charge is 2.08. The van der Waals surface area contributed by atoms with Crippen LogP contribution in [-0.2, 0) is 0 Å². The van der Waals surface area contributed by atoms with Crippen LogP contribution in [0.1, 0.15) is 6.92 Å². The molecule has 94 valence electrons. The quantitative estimate of drug-likeness (QED) is 0.920. The van der Waals surface area contributed by atoms with Crippen molar-refractivity contribution in [3.63, 3.8) is 0 Å². The Labute approximate surface area is 110 Å². The van der Waals surface area contributed by atoms with Gasteiger partial charge in [0, 0.05) is 17.6 Å². The smallest absolute Gasteiger partial charge is 0.321 e. The van der Waals surface area contributed by atoms with Crippen molar-refractivity contribution in [1.82, 2.24) is 15.0 Å². The molecule has 0 spiro atoms. The number of anilines is 1. The molecule has 1 aromatic heterocycles. The molecule has 0 aliphatic heterocycles. The summed E-state index contributed by atoms with van der Waals surface area (Å²) in [5, 5.41) is 3.51. The lowest BCUT2D eigenvalue weighted by atomic mass is 10.2. The Morgan fingerprint density at radius 3 is 2.78 bits per heavy atom. The van der Waals surface area contributed by atoms with Gasteiger partial charge in [0.05, 0.1) is 6.61 Å². The number of ether oxygens (including phenoxy) is 1. The molecule has 1 aromatic carbocycles. The van der Waals surface area contributed by atoms with Gasteiger partial charge in [-0.15, -0.1) is 0 Å². The number of nitrogens with zero attached hydrogens (tertiary/aromatic N) is 3. The first-order valence-electron chi connectivity index (χ1n) is 5.55. The Bertz CT molecular complexity index is 547. The fourth-order valence-electron chi connectivity index (χ4n) is 1.42. The largest absolute Gasteiger partial charge is 0.464 e. The molecule has 6 heteroatoms. The van der Waals surface area contributed by atoms with Gasteiger partial charge < -0.3 is 10.1 Å². The van der Waals surface area contributed by atoms with Crippen molar-refractivity contribution in [3.05, 3.63) is 29.3 Å². The van der Waals surface area contributed by atoms with Gasteiger partial charge in [-0.3, -0.25) is 0 Å². The predicted octanol–water partition coefficient (Wildman–Crippen LogP) is 2.63. The fraction of sp³-hybridized carbons (Fsp3) is 0.250. The van der Waals surface area contributed by atoms with E-state index in [2.05, 4.69) is 20.3 Å². The van der Waals surface area contributed by atoms with Gasteiger partial charge in [0.25, 0.3) is 0 Å². The molecule has 18 heavy (non-hydrogen) atoms. The summed E-state index contributed by atoms with van der Waals surface area (Å²) in [6.07, 6.45) is 0. The molecule has 0 atom stereocenters. The van der Waals surface area contributed by atoms with E-state index in [0.29, 0.717) is 29.4 Å². The summed E-state index contributed by atoms with van der Waals surface area (Å²) in [4.78, 5) is 12.6. The van der Waals surface area contributed by atoms with Crippen LogP contribution in [0.3, 0.4) is 0 Å². The van der Waals surface area contributed by atoms with E-state index in [0.717, 1.165) is 5.56 Å². The molecule has 0 aliphatic carbocycles. The van der Waals surface area contributed by atoms with Crippen molar-refractivity contribution in [1.29, 1.82) is 0 Å². The number of hydrogen-bond donors (Lipinski definition) is 1. The van der Waals surface area contributed by atoms with Crippen LogP contribution >= 0.6 is 11.6 Å². The summed E-state index contributed by atoms with van der Waals surface area (Å²) in [5.74, 6) is 0.990. The molecule has 0 bridgehead atoms. The maximum Gasteiger partial charge on any atom is 0.321 e. The van der Waals surface area contributed by atoms with E-state index < -0.39 is 0 Å². The predicted molar refractivity (Wildman–Crippen MR) is 71.0 cm³/mol. The second kappa shape index (κ2) is 5.64. The molecule has 2 rings (SSSR count). The Balaban J connectivity index is 2.46. The molecule has 0 amide bonds. The van der Waals surface area contributed by atoms with Crippen molar-refractivity contribution in [2.24, 2.45) is 0 Å². The normalized spacial score (nSPS) is 10.2. The first-order valence-corrected chi connectivity index (χ1v) is 5.93. The van der Waals surface area contributed by atoms with Crippen LogP contribution in [0, 0.1) is 0 Å². The molecule has 1 N–H and O–H groups in total. The molecule has 5 nitrogen and oxygen atoms in total. The zero-order chi connectivity index (χ0) is 13.0. The number of hydrogen-bond acceptors (Lipinski definition) is 5. The third-order valence-electron chi connectivity index (χ3n) is 2.19. The first-order chi connectivity index (χ1) is 8.72. The second-order valence-corrected chi connectivity index (χ2v) is 3.89. The van der Waals surface area contributed by atoms with E-state index in [1.165, 1.54) is 0 Å². The van der Waals surface area contributed by atoms with Crippen LogP contribution in [0.15, 0.2) is 24.3 Å². The summed E-state index contributed by atoms with van der Waals surface area (Å²) < 4.78 is 5.31. The number of nitrogens with one attached hydrogen (secondary N) is 1. The van der Waals surface area contributed by atoms with Crippen molar-refractivity contribution in [2.75, 3.05) is 19.0 Å². The van der Waals surface area contributed by atoms with Crippen molar-refractivity contribution in [2.45, 2.75) is 6.92 Å². The number of halogens is 1. The minimum atomic E-state index is 0.298. The Morgan fingerprint density at radius 1 is 1.28 bits per heavy atom. The van der Waals surface area contributed by atoms with E-state index >= 15 is 0 Å². The number of rotatable bonds is 4. The van der Waals surface area contributed by atoms with Gasteiger partial charge in [-0.05, 0) is 19.1 Å². The molecule has 0 radical (unpaired) electrons. The van der Waals surface area contributed by atoms with E-state index in [1.807, 2.05) is 19.1 Å². The molecule has 0 saturated carbocycles. The number of aromatic nitrogens is 3. The van der Waals surface area contributed by atoms with Gasteiger partial charge in [-0.1, -0.05) is 23.7 Å². The van der Waals surface area contributed by atoms with Gasteiger partial charge in [0.2, 0.25) is 5.95 Å². The van der Waals surface area contributed by atoms with Crippen LogP contribution in [0.2, 0.25) is 5.02 Å². The van der Waals surface area contributed by atoms with Gasteiger partial charge in [-0.25, -0.2) is 0 Å². The third kappa shape index (κ3) is 2.87. The standard InChI is InChI=1S/C12H13ClN4O/c1-3-18-12-16-10(15-11(14-2)17-12)8-5-4-6-9(13)7-8/h4-7H,3H2,1-2H3,(H,14,15,16,17). The van der Waals surface area contributed by atoms with Gasteiger partial charge in [0.15, 0.2) is 5.82 Å². The highest BCUT2D eigenvalue weighted by Crippen LogP contribution is 2.21. The van der Waals surface area contributed by atoms with Crippen LogP contribution in [-0.4, -0.2) is 28.6 Å². The first kappa shape index (κ1) is 12.6. The van der Waals surface area contributed by atoms with E-state index in [-0.39, 0.29) is 0 Å². The molecular weight excluding hydrogens is 252 g/mol. The molecule has 0 saturated heterocycles. The average molecular weight is 265 g/mol. The number of benzene rings is 1. The third-order valence-corrected chi connectivity index (χ3v) is 2.43. The van der Waals surface area contributed by atoms with Crippen LogP contribution in [0.25, 0.3) is 11.4 Å². The minimum absolute atomic E-state index is 0.298. The zero-order valence-corrected chi connectivity index (χ0v) is 10.9. The SMILES string of the molecule is CCOc1nc(NC)nc(-c2cccc(Cl)c2)n1. The van der Waals surface area contributed by atoms with Crippen LogP contribution in [0.4, 0.5) is 5.95 Å². The van der Waals surface area contributed by atoms with Crippen LogP contribution in [0.5, 0.6) is 6.01 Å². The van der Waals surface area contributed by atoms with Crippen molar-refractivity contribution in [3.8, 4) is 17.4 Å². The maximum absolute atomic E-state index is 5.95. The van der Waals surface area contributed by atoms with E-state index in [4.69, 9.17) is 16.3 Å². The summed E-state index contributed by atoms with van der Waals surface area (Å²) >= 11 is 5.95. The summed E-state index contributed by atoms with van der Waals surface area (Å²) in [6.45, 7) is 2.38. The lowest BCUT2D eigenvalue weighted by Gasteiger charge is -2.06. The lowest BCUT2D eigenvalue weighted by Crippen LogP contribution is -2.05. The van der Waals surface area contributed by atoms with Gasteiger partial charge in [-0.2, -0.15) is 15.0 Å². The molecule has 1 heterocycles. The molecule has 0 unspecified atom stereocenters. The monoisotopic (exact) mass is 264 g/mol. The summed E-state index contributed by atoms with van der Waals surface area (Å²) in [7, 11) is 1.74. The highest BCUT2D eigenvalue weighted by molar-refractivity contribution is 6.30. The highest BCUT2D eigenvalue weighted by atomic mass is 35.5. The lowest BCUT2D eigenvalue weighted by molar-refractivity contribution is 0.312. The van der Waals surface area contributed by atoms with Crippen molar-refractivity contribution >= 4 is 17.5 Å². The van der Waals surface area contributed by atoms with Gasteiger partial charge in [0.1, 0.15) is 0 Å². The Morgan fingerprint density at radius 2 is 2.11 bits per heavy atom. The van der Waals surface area contributed by atoms with Gasteiger partial charge >= 0.3 is 6.01 Å². The van der Waals surface area contributed by atoms with E-state index in [1.54, 1.807) is 19.2 Å². The fourth-order valence-corrected chi connectivity index (χ4v) is 1.61. The topological polar surface area (TPSA) is 59.9 Å². The maximum atomic E-state index is 5.95. The molecular formula is C12H13ClN4O. The molecule has 2 aromatic rings. The van der Waals surface area contributed by atoms with Crippen LogP contribution < -0.4 is 10.1 Å².